The monoisotopic (exact) mass is 457 g/mol. The van der Waals surface area contributed by atoms with Gasteiger partial charge in [0.15, 0.2) is 0 Å². The molecule has 4 heterocycles. The van der Waals surface area contributed by atoms with Crippen molar-refractivity contribution in [3.63, 3.8) is 0 Å². The van der Waals surface area contributed by atoms with Crippen molar-refractivity contribution >= 4 is 49.9 Å². The highest BCUT2D eigenvalue weighted by molar-refractivity contribution is 7.19. The number of aryl methyl sites for hydroxylation is 1. The van der Waals surface area contributed by atoms with Crippen LogP contribution in [0.3, 0.4) is 0 Å². The Morgan fingerprint density at radius 1 is 1.30 bits per heavy atom. The van der Waals surface area contributed by atoms with Gasteiger partial charge in [0.25, 0.3) is 0 Å². The van der Waals surface area contributed by atoms with Crippen LogP contribution in [0.2, 0.25) is 0 Å². The topological polar surface area (TPSA) is 111 Å². The van der Waals surface area contributed by atoms with Crippen LogP contribution in [0.25, 0.3) is 21.1 Å². The zero-order chi connectivity index (χ0) is 22.4. The van der Waals surface area contributed by atoms with Gasteiger partial charge < -0.3 is 10.2 Å². The Hall–Kier alpha value is -3.51. The number of piperidine rings is 1. The predicted molar refractivity (Wildman–Crippen MR) is 127 cm³/mol. The molecule has 8 nitrogen and oxygen atoms in total. The first kappa shape index (κ1) is 20.1. The molecule has 4 aromatic rings. The van der Waals surface area contributed by atoms with E-state index >= 15 is 0 Å². The summed E-state index contributed by atoms with van der Waals surface area (Å²) in [5.74, 6) is 0.959. The molecule has 1 aromatic carbocycles. The third-order valence-corrected chi connectivity index (χ3v) is 7.98. The number of rotatable bonds is 3. The average molecular weight is 458 g/mol. The third kappa shape index (κ3) is 3.60. The van der Waals surface area contributed by atoms with Crippen molar-refractivity contribution in [1.29, 1.82) is 5.26 Å². The molecular formula is C24H23N7OS. The first-order valence-corrected chi connectivity index (χ1v) is 12.1. The van der Waals surface area contributed by atoms with E-state index in [2.05, 4.69) is 31.6 Å². The van der Waals surface area contributed by atoms with Gasteiger partial charge in [0.05, 0.1) is 29.1 Å². The average Bonchev–Trinajstić information content (AvgIpc) is 3.47. The lowest BCUT2D eigenvalue weighted by Crippen LogP contribution is -2.43. The second-order valence-electron chi connectivity index (χ2n) is 8.90. The summed E-state index contributed by atoms with van der Waals surface area (Å²) >= 11 is 1.67. The lowest BCUT2D eigenvalue weighted by molar-refractivity contribution is -0.137. The van der Waals surface area contributed by atoms with Crippen LogP contribution in [0, 0.1) is 23.2 Å². The second-order valence-corrected chi connectivity index (χ2v) is 9.98. The number of hydrogen-bond acceptors (Lipinski definition) is 7. The molecule has 1 fully saturated rings. The van der Waals surface area contributed by atoms with E-state index in [0.29, 0.717) is 6.54 Å². The fourth-order valence-corrected chi connectivity index (χ4v) is 6.38. The Kier molecular flexibility index (Phi) is 4.95. The van der Waals surface area contributed by atoms with E-state index in [0.717, 1.165) is 71.3 Å². The fraction of sp³-hybridized carbons (Fsp3) is 0.375. The highest BCUT2D eigenvalue weighted by Gasteiger charge is 2.33. The Morgan fingerprint density at radius 2 is 2.24 bits per heavy atom. The number of nitriles is 1. The Balaban J connectivity index is 1.27. The third-order valence-electron chi connectivity index (χ3n) is 6.81. The molecule has 9 heteroatoms. The van der Waals surface area contributed by atoms with Crippen LogP contribution in [0.4, 0.5) is 11.5 Å². The highest BCUT2D eigenvalue weighted by atomic mass is 32.1. The number of aromatic amines is 1. The first-order chi connectivity index (χ1) is 16.2. The molecule has 6 rings (SSSR count). The van der Waals surface area contributed by atoms with Crippen LogP contribution in [0.1, 0.15) is 29.7 Å². The summed E-state index contributed by atoms with van der Waals surface area (Å²) in [6.45, 7) is 1.35. The number of hydrogen-bond donors (Lipinski definition) is 2. The van der Waals surface area contributed by atoms with E-state index in [-0.39, 0.29) is 17.7 Å². The van der Waals surface area contributed by atoms with Crippen molar-refractivity contribution in [2.75, 3.05) is 18.4 Å². The number of carbonyl (C=O) groups is 1. The van der Waals surface area contributed by atoms with Gasteiger partial charge in [-0.1, -0.05) is 0 Å². The number of likely N-dealkylation sites (tertiary alicyclic amines) is 1. The molecule has 33 heavy (non-hydrogen) atoms. The molecule has 3 aromatic heterocycles. The van der Waals surface area contributed by atoms with E-state index < -0.39 is 0 Å². The summed E-state index contributed by atoms with van der Waals surface area (Å²) in [4.78, 5) is 26.4. The SMILES string of the molecule is N#CC1CCCN(C(=O)[C@H]2CCc3c(sc4ncnc(Nc5ccc6[nH]ncc6c5)c34)C2)C1. The highest BCUT2D eigenvalue weighted by Crippen LogP contribution is 2.41. The summed E-state index contributed by atoms with van der Waals surface area (Å²) in [6.07, 6.45) is 7.61. The minimum atomic E-state index is -0.0312. The van der Waals surface area contributed by atoms with E-state index in [1.807, 2.05) is 23.1 Å². The van der Waals surface area contributed by atoms with E-state index in [9.17, 15) is 10.1 Å². The van der Waals surface area contributed by atoms with E-state index in [4.69, 9.17) is 0 Å². The van der Waals surface area contributed by atoms with Gasteiger partial charge in [0, 0.05) is 35.0 Å². The largest absolute Gasteiger partial charge is 0.341 e. The summed E-state index contributed by atoms with van der Waals surface area (Å²) in [5.41, 5.74) is 3.21. The summed E-state index contributed by atoms with van der Waals surface area (Å²) in [5, 5.41) is 21.9. The quantitative estimate of drug-likeness (QED) is 0.478. The summed E-state index contributed by atoms with van der Waals surface area (Å²) < 4.78 is 0. The second kappa shape index (κ2) is 8.12. The van der Waals surface area contributed by atoms with Gasteiger partial charge in [-0.05, 0) is 55.9 Å². The summed E-state index contributed by atoms with van der Waals surface area (Å²) in [6, 6.07) is 8.40. The standard InChI is InChI=1S/C24H23N7OS/c25-10-14-2-1-7-31(12-14)24(32)15-3-5-18-20(9-15)33-23-21(18)22(26-13-27-23)29-17-4-6-19-16(8-17)11-28-30-19/h4,6,8,11,13-15H,1-3,5,7,9,12H2,(H,28,30)(H,26,27,29)/t14?,15-/m0/s1. The van der Waals surface area contributed by atoms with E-state index in [1.165, 1.54) is 10.4 Å². The molecule has 0 bridgehead atoms. The number of aromatic nitrogens is 4. The van der Waals surface area contributed by atoms with Crippen molar-refractivity contribution in [2.45, 2.75) is 32.1 Å². The lowest BCUT2D eigenvalue weighted by Gasteiger charge is -2.33. The molecule has 1 aliphatic heterocycles. The number of fused-ring (bicyclic) bond motifs is 4. The maximum Gasteiger partial charge on any atom is 0.226 e. The van der Waals surface area contributed by atoms with Gasteiger partial charge >= 0.3 is 0 Å². The Morgan fingerprint density at radius 3 is 3.15 bits per heavy atom. The molecule has 2 aliphatic rings. The van der Waals surface area contributed by atoms with Crippen LogP contribution in [-0.2, 0) is 17.6 Å². The van der Waals surface area contributed by atoms with Crippen molar-refractivity contribution in [1.82, 2.24) is 25.1 Å². The van der Waals surface area contributed by atoms with Gasteiger partial charge in [0.1, 0.15) is 17.0 Å². The number of amides is 1. The van der Waals surface area contributed by atoms with Crippen LogP contribution in [-0.4, -0.2) is 44.1 Å². The Labute approximate surface area is 194 Å². The smallest absolute Gasteiger partial charge is 0.226 e. The van der Waals surface area contributed by atoms with Crippen molar-refractivity contribution in [2.24, 2.45) is 11.8 Å². The van der Waals surface area contributed by atoms with Gasteiger partial charge in [-0.3, -0.25) is 9.89 Å². The summed E-state index contributed by atoms with van der Waals surface area (Å²) in [7, 11) is 0. The van der Waals surface area contributed by atoms with Crippen LogP contribution in [0.15, 0.2) is 30.7 Å². The normalized spacial score (nSPS) is 20.5. The van der Waals surface area contributed by atoms with Crippen molar-refractivity contribution in [3.05, 3.63) is 41.2 Å². The van der Waals surface area contributed by atoms with Gasteiger partial charge in [-0.15, -0.1) is 11.3 Å². The number of benzene rings is 1. The number of anilines is 2. The molecule has 0 saturated carbocycles. The fourth-order valence-electron chi connectivity index (χ4n) is 5.11. The van der Waals surface area contributed by atoms with E-state index in [1.54, 1.807) is 23.9 Å². The molecule has 2 atom stereocenters. The maximum atomic E-state index is 13.2. The van der Waals surface area contributed by atoms with Gasteiger partial charge in [-0.2, -0.15) is 10.4 Å². The number of nitrogens with one attached hydrogen (secondary N) is 2. The predicted octanol–water partition coefficient (Wildman–Crippen LogP) is 4.18. The molecule has 0 radical (unpaired) electrons. The Bertz CT molecular complexity index is 1400. The van der Waals surface area contributed by atoms with Crippen molar-refractivity contribution < 1.29 is 4.79 Å². The molecule has 166 valence electrons. The van der Waals surface area contributed by atoms with Crippen LogP contribution >= 0.6 is 11.3 Å². The molecule has 2 N–H and O–H groups in total. The number of H-pyrrole nitrogens is 1. The zero-order valence-electron chi connectivity index (χ0n) is 18.0. The lowest BCUT2D eigenvalue weighted by atomic mass is 9.86. The minimum absolute atomic E-state index is 0.0177. The number of nitrogens with zero attached hydrogens (tertiary/aromatic N) is 5. The molecule has 1 aliphatic carbocycles. The first-order valence-electron chi connectivity index (χ1n) is 11.3. The van der Waals surface area contributed by atoms with Crippen LogP contribution in [0.5, 0.6) is 0 Å². The molecule has 1 amide bonds. The van der Waals surface area contributed by atoms with Crippen LogP contribution < -0.4 is 5.32 Å². The number of thiophene rings is 1. The maximum absolute atomic E-state index is 13.2. The molecule has 1 unspecified atom stereocenters. The molecular weight excluding hydrogens is 434 g/mol. The molecule has 1 saturated heterocycles. The van der Waals surface area contributed by atoms with Gasteiger partial charge in [-0.25, -0.2) is 9.97 Å². The minimum Gasteiger partial charge on any atom is -0.341 e. The van der Waals surface area contributed by atoms with Crippen molar-refractivity contribution in [3.8, 4) is 6.07 Å². The zero-order valence-corrected chi connectivity index (χ0v) is 18.9. The van der Waals surface area contributed by atoms with Gasteiger partial charge in [0.2, 0.25) is 5.91 Å². The molecule has 0 spiro atoms. The number of carbonyl (C=O) groups excluding carboxylic acids is 1.